The predicted octanol–water partition coefficient (Wildman–Crippen LogP) is 5.35. The van der Waals surface area contributed by atoms with Crippen molar-refractivity contribution in [3.8, 4) is 0 Å². The van der Waals surface area contributed by atoms with Gasteiger partial charge in [-0.15, -0.1) is 0 Å². The zero-order valence-corrected chi connectivity index (χ0v) is 17.4. The fourth-order valence-corrected chi connectivity index (χ4v) is 3.40. The monoisotopic (exact) mass is 409 g/mol. The van der Waals surface area contributed by atoms with E-state index in [1.54, 1.807) is 30.5 Å². The lowest BCUT2D eigenvalue weighted by Crippen LogP contribution is -2.19. The molecule has 0 spiro atoms. The normalized spacial score (nSPS) is 11.3. The van der Waals surface area contributed by atoms with E-state index in [0.29, 0.717) is 11.3 Å². The highest BCUT2D eigenvalue weighted by molar-refractivity contribution is 6.13. The van der Waals surface area contributed by atoms with E-state index in [1.807, 2.05) is 38.1 Å². The summed E-state index contributed by atoms with van der Waals surface area (Å²) < 4.78 is 0. The average molecular weight is 409 g/mol. The first kappa shape index (κ1) is 20.3. The number of hydrazone groups is 1. The Balaban J connectivity index is 1.54. The van der Waals surface area contributed by atoms with E-state index in [1.165, 1.54) is 0 Å². The molecule has 0 saturated heterocycles. The third kappa shape index (κ3) is 4.46. The number of hydrogen-bond acceptors (Lipinski definition) is 3. The van der Waals surface area contributed by atoms with Crippen LogP contribution in [0.15, 0.2) is 84.0 Å². The molecule has 5 nitrogen and oxygen atoms in total. The van der Waals surface area contributed by atoms with Crippen molar-refractivity contribution in [1.82, 2.24) is 5.43 Å². The van der Waals surface area contributed by atoms with Gasteiger partial charge in [-0.05, 0) is 51.9 Å². The van der Waals surface area contributed by atoms with Gasteiger partial charge >= 0.3 is 0 Å². The molecule has 0 aliphatic heterocycles. The van der Waals surface area contributed by atoms with Crippen LogP contribution in [0.3, 0.4) is 0 Å². The van der Waals surface area contributed by atoms with Crippen molar-refractivity contribution >= 4 is 45.3 Å². The zero-order chi connectivity index (χ0) is 21.8. The van der Waals surface area contributed by atoms with Gasteiger partial charge in [0.2, 0.25) is 5.91 Å². The number of nitrogens with one attached hydrogen (secondary N) is 2. The summed E-state index contributed by atoms with van der Waals surface area (Å²) in [5.74, 6) is -0.492. The number of fused-ring (bicyclic) bond motifs is 2. The summed E-state index contributed by atoms with van der Waals surface area (Å²) in [5, 5.41) is 11.4. The molecule has 4 aromatic rings. The minimum atomic E-state index is -0.317. The summed E-state index contributed by atoms with van der Waals surface area (Å²) in [7, 11) is 0. The van der Waals surface area contributed by atoms with Crippen molar-refractivity contribution in [3.63, 3.8) is 0 Å². The molecule has 0 fully saturated rings. The first-order chi connectivity index (χ1) is 15.0. The molecule has 0 aliphatic rings. The van der Waals surface area contributed by atoms with Crippen molar-refractivity contribution in [3.05, 3.63) is 90.0 Å². The molecule has 4 rings (SSSR count). The topological polar surface area (TPSA) is 70.6 Å². The van der Waals surface area contributed by atoms with Gasteiger partial charge in [-0.3, -0.25) is 9.59 Å². The number of amides is 2. The molecule has 2 N–H and O–H groups in total. The second-order valence-electron chi connectivity index (χ2n) is 7.65. The predicted molar refractivity (Wildman–Crippen MR) is 126 cm³/mol. The highest BCUT2D eigenvalue weighted by Crippen LogP contribution is 2.27. The second kappa shape index (κ2) is 8.79. The number of benzene rings is 4. The maximum Gasteiger partial charge on any atom is 0.271 e. The first-order valence-corrected chi connectivity index (χ1v) is 10.2. The molecular weight excluding hydrogens is 386 g/mol. The number of nitrogens with zero attached hydrogens (tertiary/aromatic N) is 1. The summed E-state index contributed by atoms with van der Waals surface area (Å²) in [6.07, 6.45) is 1.69. The first-order valence-electron chi connectivity index (χ1n) is 10.2. The number of anilines is 1. The Morgan fingerprint density at radius 3 is 2.00 bits per heavy atom. The van der Waals surface area contributed by atoms with Gasteiger partial charge in [-0.2, -0.15) is 5.10 Å². The van der Waals surface area contributed by atoms with E-state index >= 15 is 0 Å². The summed E-state index contributed by atoms with van der Waals surface area (Å²) in [6.45, 7) is 3.66. The van der Waals surface area contributed by atoms with Gasteiger partial charge in [0.05, 0.1) is 6.21 Å². The molecule has 4 aromatic carbocycles. The minimum absolute atomic E-state index is 0.0656. The Hall–Kier alpha value is -3.99. The highest BCUT2D eigenvalue weighted by atomic mass is 16.2. The molecule has 0 atom stereocenters. The van der Waals surface area contributed by atoms with Crippen LogP contribution in [-0.2, 0) is 4.79 Å². The minimum Gasteiger partial charge on any atom is -0.326 e. The number of carbonyl (C=O) groups excluding carboxylic acids is 2. The van der Waals surface area contributed by atoms with Crippen LogP contribution in [0.4, 0.5) is 5.69 Å². The van der Waals surface area contributed by atoms with Crippen LogP contribution in [0.25, 0.3) is 21.5 Å². The molecule has 0 bridgehead atoms. The Kier molecular flexibility index (Phi) is 5.76. The molecule has 0 unspecified atom stereocenters. The van der Waals surface area contributed by atoms with Crippen molar-refractivity contribution in [2.45, 2.75) is 13.8 Å². The molecule has 0 saturated carbocycles. The van der Waals surface area contributed by atoms with Crippen LogP contribution in [0, 0.1) is 5.92 Å². The third-order valence-electron chi connectivity index (χ3n) is 5.11. The number of carbonyl (C=O) groups is 2. The Morgan fingerprint density at radius 1 is 0.839 bits per heavy atom. The van der Waals surface area contributed by atoms with E-state index in [9.17, 15) is 9.59 Å². The van der Waals surface area contributed by atoms with Gasteiger partial charge in [0, 0.05) is 22.7 Å². The van der Waals surface area contributed by atoms with Crippen molar-refractivity contribution in [2.24, 2.45) is 11.0 Å². The van der Waals surface area contributed by atoms with Gasteiger partial charge in [0.1, 0.15) is 0 Å². The van der Waals surface area contributed by atoms with Crippen LogP contribution in [0.2, 0.25) is 0 Å². The van der Waals surface area contributed by atoms with E-state index in [-0.39, 0.29) is 17.7 Å². The molecule has 2 amide bonds. The molecule has 0 radical (unpaired) electrons. The van der Waals surface area contributed by atoms with E-state index in [0.717, 1.165) is 27.1 Å². The average Bonchev–Trinajstić information content (AvgIpc) is 2.79. The van der Waals surface area contributed by atoms with E-state index in [2.05, 4.69) is 46.2 Å². The summed E-state index contributed by atoms with van der Waals surface area (Å²) in [4.78, 5) is 24.3. The SMILES string of the molecule is CC(C)C(=O)Nc1ccc(C(=O)N/N=C/c2c3ccccc3cc3ccccc23)cc1. The Labute approximate surface area is 180 Å². The Bertz CT molecular complexity index is 1240. The lowest BCUT2D eigenvalue weighted by molar-refractivity contribution is -0.118. The smallest absolute Gasteiger partial charge is 0.271 e. The lowest BCUT2D eigenvalue weighted by Gasteiger charge is -2.09. The van der Waals surface area contributed by atoms with Gasteiger partial charge in [0.15, 0.2) is 0 Å². The van der Waals surface area contributed by atoms with E-state index in [4.69, 9.17) is 0 Å². The van der Waals surface area contributed by atoms with Gasteiger partial charge in [-0.25, -0.2) is 5.43 Å². The summed E-state index contributed by atoms with van der Waals surface area (Å²) in [5.41, 5.74) is 4.67. The highest BCUT2D eigenvalue weighted by Gasteiger charge is 2.09. The van der Waals surface area contributed by atoms with Gasteiger partial charge < -0.3 is 5.32 Å². The van der Waals surface area contributed by atoms with Crippen molar-refractivity contribution < 1.29 is 9.59 Å². The lowest BCUT2D eigenvalue weighted by atomic mass is 9.97. The summed E-state index contributed by atoms with van der Waals surface area (Å²) in [6, 6.07) is 25.1. The van der Waals surface area contributed by atoms with Crippen LogP contribution < -0.4 is 10.7 Å². The van der Waals surface area contributed by atoms with Gasteiger partial charge in [0.25, 0.3) is 5.91 Å². The van der Waals surface area contributed by atoms with E-state index < -0.39 is 0 Å². The number of rotatable bonds is 5. The van der Waals surface area contributed by atoms with Crippen LogP contribution in [-0.4, -0.2) is 18.0 Å². The van der Waals surface area contributed by atoms with Crippen molar-refractivity contribution in [1.29, 1.82) is 0 Å². The molecule has 31 heavy (non-hydrogen) atoms. The van der Waals surface area contributed by atoms with Crippen LogP contribution in [0.5, 0.6) is 0 Å². The van der Waals surface area contributed by atoms with Crippen molar-refractivity contribution in [2.75, 3.05) is 5.32 Å². The maximum absolute atomic E-state index is 12.5. The van der Waals surface area contributed by atoms with Crippen LogP contribution in [0.1, 0.15) is 29.8 Å². The molecule has 0 aromatic heterocycles. The van der Waals surface area contributed by atoms with Crippen LogP contribution >= 0.6 is 0 Å². The summed E-state index contributed by atoms with van der Waals surface area (Å²) >= 11 is 0. The van der Waals surface area contributed by atoms with Gasteiger partial charge in [-0.1, -0.05) is 62.4 Å². The second-order valence-corrected chi connectivity index (χ2v) is 7.65. The third-order valence-corrected chi connectivity index (χ3v) is 5.11. The molecule has 5 heteroatoms. The molecule has 0 aliphatic carbocycles. The quantitative estimate of drug-likeness (QED) is 0.265. The maximum atomic E-state index is 12.5. The standard InChI is InChI=1S/C26H23N3O2/c1-17(2)25(30)28-21-13-11-18(12-14-21)26(31)29-27-16-24-22-9-5-3-7-19(22)15-20-8-4-6-10-23(20)24/h3-17H,1-2H3,(H,28,30)(H,29,31)/b27-16+. The fourth-order valence-electron chi connectivity index (χ4n) is 3.40. The molecule has 154 valence electrons. The fraction of sp³-hybridized carbons (Fsp3) is 0.115. The largest absolute Gasteiger partial charge is 0.326 e. The molecule has 0 heterocycles. The number of hydrogen-bond donors (Lipinski definition) is 2. The zero-order valence-electron chi connectivity index (χ0n) is 17.4. The molecular formula is C26H23N3O2. The Morgan fingerprint density at radius 2 is 1.42 bits per heavy atom.